The summed E-state index contributed by atoms with van der Waals surface area (Å²) >= 11 is 0. The maximum atomic E-state index is 8.80. The van der Waals surface area contributed by atoms with Crippen molar-refractivity contribution in [3.63, 3.8) is 0 Å². The lowest BCUT2D eigenvalue weighted by molar-refractivity contribution is 1.29. The predicted molar refractivity (Wildman–Crippen MR) is 64.0 cm³/mol. The van der Waals surface area contributed by atoms with Gasteiger partial charge in [0, 0.05) is 11.6 Å². The molecule has 0 radical (unpaired) electrons. The van der Waals surface area contributed by atoms with Crippen molar-refractivity contribution < 1.29 is 0 Å². The topological polar surface area (TPSA) is 36.7 Å². The Balaban J connectivity index is 2.43. The van der Waals surface area contributed by atoms with E-state index >= 15 is 0 Å². The fraction of sp³-hybridized carbons (Fsp3) is 0. The molecule has 3 rings (SSSR count). The third-order valence-corrected chi connectivity index (χ3v) is 2.70. The molecule has 1 aromatic heterocycles. The molecule has 0 fully saturated rings. The van der Waals surface area contributed by atoms with Gasteiger partial charge in [0.05, 0.1) is 0 Å². The first-order chi connectivity index (χ1) is 7.86. The first-order valence-corrected chi connectivity index (χ1v) is 5.05. The Morgan fingerprint density at radius 1 is 0.875 bits per heavy atom. The summed E-state index contributed by atoms with van der Waals surface area (Å²) in [5.74, 6) is 0. The number of fused-ring (bicyclic) bond motifs is 2. The van der Waals surface area contributed by atoms with Gasteiger partial charge in [-0.25, -0.2) is 4.98 Å². The molecule has 0 amide bonds. The predicted octanol–water partition coefficient (Wildman–Crippen LogP) is 3.26. The van der Waals surface area contributed by atoms with E-state index in [-0.39, 0.29) is 0 Å². The van der Waals surface area contributed by atoms with Gasteiger partial charge in [0.15, 0.2) is 0 Å². The van der Waals surface area contributed by atoms with Crippen molar-refractivity contribution in [1.29, 1.82) is 5.26 Å². The summed E-state index contributed by atoms with van der Waals surface area (Å²) in [6.07, 6.45) is 1.75. The zero-order valence-corrected chi connectivity index (χ0v) is 8.51. The number of hydrogen-bond acceptors (Lipinski definition) is 2. The molecule has 2 heteroatoms. The zero-order chi connectivity index (χ0) is 11.0. The molecule has 3 aromatic rings. The van der Waals surface area contributed by atoms with Crippen LogP contribution in [0, 0.1) is 11.3 Å². The fourth-order valence-electron chi connectivity index (χ4n) is 1.90. The molecule has 0 aliphatic carbocycles. The number of pyridine rings is 1. The smallest absolute Gasteiger partial charge is 0.141 e. The van der Waals surface area contributed by atoms with Gasteiger partial charge in [0.25, 0.3) is 0 Å². The van der Waals surface area contributed by atoms with Crippen LogP contribution in [0.4, 0.5) is 0 Å². The molecule has 0 N–H and O–H groups in total. The van der Waals surface area contributed by atoms with Crippen molar-refractivity contribution in [3.05, 3.63) is 54.4 Å². The number of nitrogens with zero attached hydrogens (tertiary/aromatic N) is 2. The number of nitriles is 1. The Morgan fingerprint density at radius 3 is 2.25 bits per heavy atom. The maximum Gasteiger partial charge on any atom is 0.141 e. The van der Waals surface area contributed by atoms with Crippen LogP contribution in [0.1, 0.15) is 5.69 Å². The molecule has 0 saturated carbocycles. The third-order valence-electron chi connectivity index (χ3n) is 2.70. The van der Waals surface area contributed by atoms with Crippen molar-refractivity contribution in [2.45, 2.75) is 0 Å². The highest BCUT2D eigenvalue weighted by molar-refractivity contribution is 5.98. The van der Waals surface area contributed by atoms with E-state index < -0.39 is 0 Å². The van der Waals surface area contributed by atoms with Crippen molar-refractivity contribution in [1.82, 2.24) is 4.98 Å². The van der Waals surface area contributed by atoms with Crippen LogP contribution in [0.2, 0.25) is 0 Å². The monoisotopic (exact) mass is 204 g/mol. The molecule has 0 atom stereocenters. The Kier molecular flexibility index (Phi) is 1.84. The molecule has 2 aromatic carbocycles. The maximum absolute atomic E-state index is 8.80. The molecule has 0 aliphatic rings. The van der Waals surface area contributed by atoms with Gasteiger partial charge in [-0.1, -0.05) is 24.3 Å². The van der Waals surface area contributed by atoms with E-state index in [0.717, 1.165) is 10.8 Å². The molecule has 16 heavy (non-hydrogen) atoms. The van der Waals surface area contributed by atoms with E-state index in [4.69, 9.17) is 5.26 Å². The summed E-state index contributed by atoms with van der Waals surface area (Å²) in [4.78, 5) is 4.07. The molecule has 0 spiro atoms. The van der Waals surface area contributed by atoms with Gasteiger partial charge >= 0.3 is 0 Å². The molecular weight excluding hydrogens is 196 g/mol. The largest absolute Gasteiger partial charge is 0.245 e. The molecule has 0 saturated heterocycles. The highest BCUT2D eigenvalue weighted by Gasteiger charge is 1.99. The van der Waals surface area contributed by atoms with Crippen LogP contribution in [-0.4, -0.2) is 4.98 Å². The molecule has 74 valence electrons. The SMILES string of the molecule is N#Cc1cc2cc3ccccc3cc2cn1. The lowest BCUT2D eigenvalue weighted by Crippen LogP contribution is -1.83. The second-order valence-electron chi connectivity index (χ2n) is 3.73. The normalized spacial score (nSPS) is 10.4. The van der Waals surface area contributed by atoms with Crippen LogP contribution in [-0.2, 0) is 0 Å². The summed E-state index contributed by atoms with van der Waals surface area (Å²) in [7, 11) is 0. The fourth-order valence-corrected chi connectivity index (χ4v) is 1.90. The van der Waals surface area contributed by atoms with Crippen molar-refractivity contribution in [3.8, 4) is 6.07 Å². The number of benzene rings is 2. The van der Waals surface area contributed by atoms with Crippen LogP contribution in [0.25, 0.3) is 21.5 Å². The Labute approximate surface area is 92.8 Å². The molecule has 0 unspecified atom stereocenters. The molecule has 0 aliphatic heterocycles. The zero-order valence-electron chi connectivity index (χ0n) is 8.51. The minimum atomic E-state index is 0.461. The average Bonchev–Trinajstić information content (AvgIpc) is 2.35. The summed E-state index contributed by atoms with van der Waals surface area (Å²) in [5.41, 5.74) is 0.461. The van der Waals surface area contributed by atoms with E-state index in [2.05, 4.69) is 35.3 Å². The third kappa shape index (κ3) is 1.31. The van der Waals surface area contributed by atoms with Gasteiger partial charge < -0.3 is 0 Å². The van der Waals surface area contributed by atoms with Crippen molar-refractivity contribution in [2.24, 2.45) is 0 Å². The minimum absolute atomic E-state index is 0.461. The summed E-state index contributed by atoms with van der Waals surface area (Å²) in [6.45, 7) is 0. The molecule has 1 heterocycles. The summed E-state index contributed by atoms with van der Waals surface area (Å²) in [5, 5.41) is 13.3. The van der Waals surface area contributed by atoms with Crippen LogP contribution in [0.15, 0.2) is 48.7 Å². The van der Waals surface area contributed by atoms with Crippen LogP contribution >= 0.6 is 0 Å². The highest BCUT2D eigenvalue weighted by Crippen LogP contribution is 2.22. The Bertz CT molecular complexity index is 723. The number of hydrogen-bond donors (Lipinski definition) is 0. The first kappa shape index (κ1) is 8.87. The van der Waals surface area contributed by atoms with Crippen molar-refractivity contribution >= 4 is 21.5 Å². The molecule has 0 bridgehead atoms. The first-order valence-electron chi connectivity index (χ1n) is 5.05. The minimum Gasteiger partial charge on any atom is -0.245 e. The second-order valence-corrected chi connectivity index (χ2v) is 3.73. The van der Waals surface area contributed by atoms with Gasteiger partial charge in [0.2, 0.25) is 0 Å². The van der Waals surface area contributed by atoms with E-state index in [1.165, 1.54) is 10.8 Å². The van der Waals surface area contributed by atoms with Crippen LogP contribution in [0.5, 0.6) is 0 Å². The van der Waals surface area contributed by atoms with Crippen LogP contribution in [0.3, 0.4) is 0 Å². The standard InChI is InChI=1S/C14H8N2/c15-8-14-7-12-5-10-3-1-2-4-11(10)6-13(12)9-16-14/h1-7,9H. The van der Waals surface area contributed by atoms with Gasteiger partial charge in [-0.2, -0.15) is 5.26 Å². The number of rotatable bonds is 0. The molecular formula is C14H8N2. The molecule has 2 nitrogen and oxygen atoms in total. The highest BCUT2D eigenvalue weighted by atomic mass is 14.7. The Hall–Kier alpha value is -2.40. The lowest BCUT2D eigenvalue weighted by atomic mass is 10.0. The number of aromatic nitrogens is 1. The quantitative estimate of drug-likeness (QED) is 0.527. The van der Waals surface area contributed by atoms with Crippen LogP contribution < -0.4 is 0 Å². The van der Waals surface area contributed by atoms with E-state index in [9.17, 15) is 0 Å². The van der Waals surface area contributed by atoms with Gasteiger partial charge in [-0.05, 0) is 34.4 Å². The Morgan fingerprint density at radius 2 is 1.56 bits per heavy atom. The van der Waals surface area contributed by atoms with E-state index in [1.807, 2.05) is 18.2 Å². The van der Waals surface area contributed by atoms with Gasteiger partial charge in [0.1, 0.15) is 11.8 Å². The average molecular weight is 204 g/mol. The summed E-state index contributed by atoms with van der Waals surface area (Å²) < 4.78 is 0. The lowest BCUT2D eigenvalue weighted by Gasteiger charge is -2.01. The summed E-state index contributed by atoms with van der Waals surface area (Å²) in [6, 6.07) is 16.2. The van der Waals surface area contributed by atoms with E-state index in [1.54, 1.807) is 6.20 Å². The van der Waals surface area contributed by atoms with Crippen molar-refractivity contribution in [2.75, 3.05) is 0 Å². The van der Waals surface area contributed by atoms with E-state index in [0.29, 0.717) is 5.69 Å². The van der Waals surface area contributed by atoms with Gasteiger partial charge in [-0.3, -0.25) is 0 Å². The van der Waals surface area contributed by atoms with Gasteiger partial charge in [-0.15, -0.1) is 0 Å². The second kappa shape index (κ2) is 3.32.